The van der Waals surface area contributed by atoms with Crippen LogP contribution in [0.4, 0.5) is 0 Å². The number of rotatable bonds is 9. The number of tetrazole rings is 1. The van der Waals surface area contributed by atoms with Gasteiger partial charge in [-0.3, -0.25) is 0 Å². The molecule has 0 bridgehead atoms. The zero-order valence-corrected chi connectivity index (χ0v) is 20.3. The molecule has 0 unspecified atom stereocenters. The second kappa shape index (κ2) is 9.68. The second-order valence-electron chi connectivity index (χ2n) is 9.55. The summed E-state index contributed by atoms with van der Waals surface area (Å²) in [5.74, 6) is 2.62. The fraction of sp³-hybridized carbons (Fsp3) is 0.480. The maximum atomic E-state index is 4.80. The van der Waals surface area contributed by atoms with Crippen LogP contribution in [-0.2, 0) is 24.8 Å². The van der Waals surface area contributed by atoms with Gasteiger partial charge in [0.2, 0.25) is 5.82 Å². The first kappa shape index (κ1) is 22.9. The van der Waals surface area contributed by atoms with Crippen molar-refractivity contribution in [1.29, 1.82) is 0 Å². The van der Waals surface area contributed by atoms with Crippen LogP contribution in [0.3, 0.4) is 0 Å². The normalized spacial score (nSPS) is 11.9. The third kappa shape index (κ3) is 5.05. The lowest BCUT2D eigenvalue weighted by Crippen LogP contribution is -2.17. The number of unbranched alkanes of at least 4 members (excludes halogenated alkanes) is 1. The molecule has 8 heteroatoms. The maximum Gasteiger partial charge on any atom is 0.221 e. The van der Waals surface area contributed by atoms with E-state index in [4.69, 9.17) is 10.1 Å². The van der Waals surface area contributed by atoms with Gasteiger partial charge in [-0.25, -0.2) is 9.67 Å². The Bertz CT molecular complexity index is 1160. The molecule has 4 rings (SSSR count). The molecule has 0 amide bonds. The highest BCUT2D eigenvalue weighted by Crippen LogP contribution is 2.31. The van der Waals surface area contributed by atoms with Gasteiger partial charge in [0.05, 0.1) is 12.2 Å². The predicted molar refractivity (Wildman–Crippen MR) is 129 cm³/mol. The average molecular weight is 447 g/mol. The van der Waals surface area contributed by atoms with Crippen molar-refractivity contribution in [2.45, 2.75) is 78.7 Å². The van der Waals surface area contributed by atoms with E-state index >= 15 is 0 Å². The number of aromatic amines is 1. The minimum atomic E-state index is -0.0365. The summed E-state index contributed by atoms with van der Waals surface area (Å²) in [6, 6.07) is 12.9. The lowest BCUT2D eigenvalue weighted by molar-refractivity contribution is 0.557. The molecule has 0 spiro atoms. The van der Waals surface area contributed by atoms with Gasteiger partial charge in [-0.2, -0.15) is 10.3 Å². The highest BCUT2D eigenvalue weighted by Gasteiger charge is 2.23. The Labute approximate surface area is 195 Å². The van der Waals surface area contributed by atoms with Crippen LogP contribution in [-0.4, -0.2) is 40.0 Å². The third-order valence-electron chi connectivity index (χ3n) is 5.77. The molecule has 33 heavy (non-hydrogen) atoms. The molecule has 1 N–H and O–H groups in total. The standard InChI is InChI=1S/C25H34N8/c1-6-8-10-23-26-22(9-7-2)29-32(23)17-18-11-13-19(14-12-18)33-20(24-27-30-31-28-24)15-16-21(33)25(3,4)5/h11-16H,6-10,17H2,1-5H3,(H,27,28,30,31). The van der Waals surface area contributed by atoms with Gasteiger partial charge in [-0.15, -0.1) is 10.2 Å². The van der Waals surface area contributed by atoms with Gasteiger partial charge in [-0.1, -0.05) is 53.2 Å². The number of hydrogen-bond donors (Lipinski definition) is 1. The van der Waals surface area contributed by atoms with E-state index < -0.39 is 0 Å². The van der Waals surface area contributed by atoms with E-state index in [1.54, 1.807) is 0 Å². The lowest BCUT2D eigenvalue weighted by Gasteiger charge is -2.23. The fourth-order valence-corrected chi connectivity index (χ4v) is 4.07. The molecule has 0 aliphatic rings. The first-order valence-electron chi connectivity index (χ1n) is 11.9. The van der Waals surface area contributed by atoms with Crippen molar-refractivity contribution in [3.8, 4) is 17.2 Å². The molecule has 3 heterocycles. The summed E-state index contributed by atoms with van der Waals surface area (Å²) in [6.07, 6.45) is 5.23. The van der Waals surface area contributed by atoms with Crippen LogP contribution in [0.2, 0.25) is 0 Å². The number of nitrogens with zero attached hydrogens (tertiary/aromatic N) is 7. The van der Waals surface area contributed by atoms with Crippen LogP contribution in [0.5, 0.6) is 0 Å². The minimum absolute atomic E-state index is 0.0365. The van der Waals surface area contributed by atoms with Crippen molar-refractivity contribution in [3.05, 3.63) is 59.3 Å². The summed E-state index contributed by atoms with van der Waals surface area (Å²) < 4.78 is 4.30. The molecule has 0 radical (unpaired) electrons. The van der Waals surface area contributed by atoms with Gasteiger partial charge in [0.15, 0.2) is 5.82 Å². The quantitative estimate of drug-likeness (QED) is 0.395. The Morgan fingerprint density at radius 1 is 0.939 bits per heavy atom. The van der Waals surface area contributed by atoms with Crippen molar-refractivity contribution in [2.75, 3.05) is 0 Å². The lowest BCUT2D eigenvalue weighted by atomic mass is 9.92. The summed E-state index contributed by atoms with van der Waals surface area (Å²) in [7, 11) is 0. The molecule has 0 saturated heterocycles. The van der Waals surface area contributed by atoms with Crippen molar-refractivity contribution in [1.82, 2.24) is 40.0 Å². The Morgan fingerprint density at radius 2 is 1.73 bits per heavy atom. The van der Waals surface area contributed by atoms with E-state index in [0.717, 1.165) is 61.7 Å². The molecule has 8 nitrogen and oxygen atoms in total. The van der Waals surface area contributed by atoms with Crippen LogP contribution in [0, 0.1) is 0 Å². The fourth-order valence-electron chi connectivity index (χ4n) is 4.07. The predicted octanol–water partition coefficient (Wildman–Crippen LogP) is 4.89. The minimum Gasteiger partial charge on any atom is -0.310 e. The first-order chi connectivity index (χ1) is 15.9. The third-order valence-corrected chi connectivity index (χ3v) is 5.77. The molecule has 0 fully saturated rings. The van der Waals surface area contributed by atoms with Gasteiger partial charge < -0.3 is 4.57 Å². The smallest absolute Gasteiger partial charge is 0.221 e. The van der Waals surface area contributed by atoms with Gasteiger partial charge in [0, 0.05) is 29.6 Å². The number of nitrogens with one attached hydrogen (secondary N) is 1. The summed E-state index contributed by atoms with van der Waals surface area (Å²) in [5.41, 5.74) is 4.35. The zero-order chi connectivity index (χ0) is 23.4. The molecule has 3 aromatic heterocycles. The SMILES string of the molecule is CCCCc1nc(CCC)nn1Cc1ccc(-n2c(-c3nn[nH]n3)ccc2C(C)(C)C)cc1. The van der Waals surface area contributed by atoms with E-state index in [2.05, 4.69) is 101 Å². The second-order valence-corrected chi connectivity index (χ2v) is 9.55. The topological polar surface area (TPSA) is 90.1 Å². The number of benzene rings is 1. The van der Waals surface area contributed by atoms with Gasteiger partial charge >= 0.3 is 0 Å². The number of hydrogen-bond acceptors (Lipinski definition) is 5. The molecule has 1 aromatic carbocycles. The highest BCUT2D eigenvalue weighted by atomic mass is 15.5. The van der Waals surface area contributed by atoms with Gasteiger partial charge in [-0.05, 0) is 47.9 Å². The average Bonchev–Trinajstić information content (AvgIpc) is 3.52. The van der Waals surface area contributed by atoms with Crippen LogP contribution >= 0.6 is 0 Å². The van der Waals surface area contributed by atoms with E-state index in [1.165, 1.54) is 11.3 Å². The van der Waals surface area contributed by atoms with E-state index in [0.29, 0.717) is 5.82 Å². The van der Waals surface area contributed by atoms with Crippen molar-refractivity contribution in [2.24, 2.45) is 0 Å². The van der Waals surface area contributed by atoms with Gasteiger partial charge in [0.1, 0.15) is 5.82 Å². The molecule has 0 atom stereocenters. The Hall–Kier alpha value is -3.29. The van der Waals surface area contributed by atoms with E-state index in [9.17, 15) is 0 Å². The monoisotopic (exact) mass is 446 g/mol. The van der Waals surface area contributed by atoms with Crippen molar-refractivity contribution < 1.29 is 0 Å². The summed E-state index contributed by atoms with van der Waals surface area (Å²) in [6.45, 7) is 11.7. The number of aromatic nitrogens is 8. The van der Waals surface area contributed by atoms with E-state index in [1.807, 2.05) is 0 Å². The molecular formula is C25H34N8. The van der Waals surface area contributed by atoms with Crippen LogP contribution in [0.15, 0.2) is 36.4 Å². The Morgan fingerprint density at radius 3 is 2.36 bits per heavy atom. The summed E-state index contributed by atoms with van der Waals surface area (Å²) in [5, 5.41) is 19.5. The van der Waals surface area contributed by atoms with Crippen molar-refractivity contribution >= 4 is 0 Å². The molecule has 0 aliphatic heterocycles. The summed E-state index contributed by atoms with van der Waals surface area (Å²) in [4.78, 5) is 4.80. The Kier molecular flexibility index (Phi) is 6.72. The maximum absolute atomic E-state index is 4.80. The Balaban J connectivity index is 1.65. The van der Waals surface area contributed by atoms with Crippen LogP contribution in [0.1, 0.15) is 76.8 Å². The van der Waals surface area contributed by atoms with Crippen molar-refractivity contribution in [3.63, 3.8) is 0 Å². The van der Waals surface area contributed by atoms with Crippen LogP contribution < -0.4 is 0 Å². The first-order valence-corrected chi connectivity index (χ1v) is 11.9. The van der Waals surface area contributed by atoms with Crippen LogP contribution in [0.25, 0.3) is 17.2 Å². The molecule has 4 aromatic rings. The molecule has 0 aliphatic carbocycles. The molecule has 0 saturated carbocycles. The van der Waals surface area contributed by atoms with E-state index in [-0.39, 0.29) is 5.41 Å². The largest absolute Gasteiger partial charge is 0.310 e. The zero-order valence-electron chi connectivity index (χ0n) is 20.3. The molecule has 174 valence electrons. The number of H-pyrrole nitrogens is 1. The number of aryl methyl sites for hydroxylation is 2. The van der Waals surface area contributed by atoms with Gasteiger partial charge in [0.25, 0.3) is 0 Å². The molecular weight excluding hydrogens is 412 g/mol. The summed E-state index contributed by atoms with van der Waals surface area (Å²) >= 11 is 0. The highest BCUT2D eigenvalue weighted by molar-refractivity contribution is 5.57.